The summed E-state index contributed by atoms with van der Waals surface area (Å²) in [5.74, 6) is 3.21. The van der Waals surface area contributed by atoms with Crippen LogP contribution < -0.4 is 9.47 Å². The van der Waals surface area contributed by atoms with Crippen molar-refractivity contribution in [2.45, 2.75) is 25.7 Å². The summed E-state index contributed by atoms with van der Waals surface area (Å²) in [6.45, 7) is 1.94. The van der Waals surface area contributed by atoms with Crippen LogP contribution in [-0.4, -0.2) is 37.6 Å². The quantitative estimate of drug-likeness (QED) is 0.836. The van der Waals surface area contributed by atoms with Gasteiger partial charge in [0.1, 0.15) is 11.5 Å². The van der Waals surface area contributed by atoms with Crippen molar-refractivity contribution in [3.05, 3.63) is 24.3 Å². The number of carbonyl (C=O) groups excluding carboxylic acids is 1. The summed E-state index contributed by atoms with van der Waals surface area (Å²) in [4.78, 5) is 14.2. The van der Waals surface area contributed by atoms with Gasteiger partial charge in [0.05, 0.1) is 7.11 Å². The van der Waals surface area contributed by atoms with E-state index in [0.717, 1.165) is 37.1 Å². The van der Waals surface area contributed by atoms with Gasteiger partial charge in [0.2, 0.25) is 0 Å². The Morgan fingerprint density at radius 2 is 1.86 bits per heavy atom. The number of nitrogens with zero attached hydrogens (tertiary/aromatic N) is 1. The molecular weight excluding hydrogens is 266 g/mol. The number of methoxy groups -OCH3 is 1. The fourth-order valence-electron chi connectivity index (χ4n) is 3.10. The van der Waals surface area contributed by atoms with Crippen molar-refractivity contribution in [1.29, 1.82) is 0 Å². The zero-order valence-corrected chi connectivity index (χ0v) is 12.6. The first-order chi connectivity index (χ1) is 10.3. The molecule has 0 N–H and O–H groups in total. The minimum Gasteiger partial charge on any atom is -0.497 e. The van der Waals surface area contributed by atoms with Crippen molar-refractivity contribution in [3.8, 4) is 11.5 Å². The molecule has 4 heteroatoms. The third kappa shape index (κ3) is 3.69. The molecular formula is C17H23NO3. The van der Waals surface area contributed by atoms with Gasteiger partial charge in [-0.3, -0.25) is 4.79 Å². The molecule has 1 atom stereocenters. The van der Waals surface area contributed by atoms with E-state index in [2.05, 4.69) is 0 Å². The SMILES string of the molecule is COc1ccc(OCC(=O)N2CCCC(C3CC3)C2)cc1. The first-order valence-corrected chi connectivity index (χ1v) is 7.81. The molecule has 0 bridgehead atoms. The van der Waals surface area contributed by atoms with E-state index >= 15 is 0 Å². The number of likely N-dealkylation sites (tertiary alicyclic amines) is 1. The molecule has 1 aliphatic carbocycles. The van der Waals surface area contributed by atoms with E-state index in [0.29, 0.717) is 5.75 Å². The number of piperidine rings is 1. The molecule has 2 fully saturated rings. The maximum Gasteiger partial charge on any atom is 0.260 e. The molecule has 1 saturated carbocycles. The Bertz CT molecular complexity index is 481. The van der Waals surface area contributed by atoms with Crippen LogP contribution in [0.4, 0.5) is 0 Å². The molecule has 0 radical (unpaired) electrons. The van der Waals surface area contributed by atoms with E-state index in [9.17, 15) is 4.79 Å². The number of benzene rings is 1. The van der Waals surface area contributed by atoms with Crippen molar-refractivity contribution >= 4 is 5.91 Å². The molecule has 3 rings (SSSR count). The van der Waals surface area contributed by atoms with Gasteiger partial charge >= 0.3 is 0 Å². The number of ether oxygens (including phenoxy) is 2. The van der Waals surface area contributed by atoms with Gasteiger partial charge < -0.3 is 14.4 Å². The van der Waals surface area contributed by atoms with Crippen LogP contribution in [0, 0.1) is 11.8 Å². The molecule has 21 heavy (non-hydrogen) atoms. The molecule has 0 spiro atoms. The van der Waals surface area contributed by atoms with Gasteiger partial charge in [0.15, 0.2) is 6.61 Å². The average Bonchev–Trinajstić information content (AvgIpc) is 3.38. The van der Waals surface area contributed by atoms with Gasteiger partial charge in [0, 0.05) is 13.1 Å². The lowest BCUT2D eigenvalue weighted by atomic mass is 9.93. The number of hydrogen-bond acceptors (Lipinski definition) is 3. The highest BCUT2D eigenvalue weighted by molar-refractivity contribution is 5.77. The minimum absolute atomic E-state index is 0.108. The van der Waals surface area contributed by atoms with E-state index in [1.54, 1.807) is 7.11 Å². The number of hydrogen-bond donors (Lipinski definition) is 0. The summed E-state index contributed by atoms with van der Waals surface area (Å²) in [5.41, 5.74) is 0. The Hall–Kier alpha value is -1.71. The lowest BCUT2D eigenvalue weighted by Crippen LogP contribution is -2.42. The second-order valence-electron chi connectivity index (χ2n) is 6.04. The molecule has 1 amide bonds. The molecule has 1 aromatic carbocycles. The molecule has 1 unspecified atom stereocenters. The summed E-state index contributed by atoms with van der Waals surface area (Å²) < 4.78 is 10.7. The second kappa shape index (κ2) is 6.37. The van der Waals surface area contributed by atoms with E-state index in [1.165, 1.54) is 19.3 Å². The molecule has 0 aromatic heterocycles. The first kappa shape index (κ1) is 14.2. The van der Waals surface area contributed by atoms with Crippen molar-refractivity contribution in [2.75, 3.05) is 26.8 Å². The predicted octanol–water partition coefficient (Wildman–Crippen LogP) is 2.72. The Morgan fingerprint density at radius 1 is 1.14 bits per heavy atom. The van der Waals surface area contributed by atoms with Crippen molar-refractivity contribution in [3.63, 3.8) is 0 Å². The van der Waals surface area contributed by atoms with Crippen molar-refractivity contribution < 1.29 is 14.3 Å². The highest BCUT2D eigenvalue weighted by Gasteiger charge is 2.35. The van der Waals surface area contributed by atoms with Crippen molar-refractivity contribution in [1.82, 2.24) is 4.90 Å². The van der Waals surface area contributed by atoms with Crippen LogP contribution in [0.2, 0.25) is 0 Å². The summed E-state index contributed by atoms with van der Waals surface area (Å²) >= 11 is 0. The van der Waals surface area contributed by atoms with Gasteiger partial charge in [-0.15, -0.1) is 0 Å². The molecule has 114 valence electrons. The highest BCUT2D eigenvalue weighted by Crippen LogP contribution is 2.40. The van der Waals surface area contributed by atoms with Gasteiger partial charge in [-0.05, 0) is 61.8 Å². The largest absolute Gasteiger partial charge is 0.497 e. The maximum absolute atomic E-state index is 12.3. The Morgan fingerprint density at radius 3 is 2.52 bits per heavy atom. The van der Waals surface area contributed by atoms with Crippen molar-refractivity contribution in [2.24, 2.45) is 11.8 Å². The van der Waals surface area contributed by atoms with Crippen LogP contribution in [0.5, 0.6) is 11.5 Å². The summed E-state index contributed by atoms with van der Waals surface area (Å²) in [7, 11) is 1.63. The molecule has 1 heterocycles. The maximum atomic E-state index is 12.3. The Balaban J connectivity index is 1.48. The van der Waals surface area contributed by atoms with Crippen LogP contribution >= 0.6 is 0 Å². The van der Waals surface area contributed by atoms with E-state index in [4.69, 9.17) is 9.47 Å². The fourth-order valence-corrected chi connectivity index (χ4v) is 3.10. The topological polar surface area (TPSA) is 38.8 Å². The second-order valence-corrected chi connectivity index (χ2v) is 6.04. The monoisotopic (exact) mass is 289 g/mol. The molecule has 1 aromatic rings. The number of carbonyl (C=O) groups is 1. The first-order valence-electron chi connectivity index (χ1n) is 7.81. The van der Waals surface area contributed by atoms with E-state index in [-0.39, 0.29) is 12.5 Å². The van der Waals surface area contributed by atoms with Crippen LogP contribution in [0.25, 0.3) is 0 Å². The van der Waals surface area contributed by atoms with Gasteiger partial charge in [-0.25, -0.2) is 0 Å². The number of rotatable bonds is 5. The van der Waals surface area contributed by atoms with E-state index in [1.807, 2.05) is 29.2 Å². The van der Waals surface area contributed by atoms with Crippen LogP contribution in [-0.2, 0) is 4.79 Å². The van der Waals surface area contributed by atoms with Crippen LogP contribution in [0.15, 0.2) is 24.3 Å². The summed E-state index contributed by atoms with van der Waals surface area (Å²) in [6, 6.07) is 7.33. The average molecular weight is 289 g/mol. The lowest BCUT2D eigenvalue weighted by Gasteiger charge is -2.32. The minimum atomic E-state index is 0.108. The van der Waals surface area contributed by atoms with Gasteiger partial charge in [-0.1, -0.05) is 0 Å². The summed E-state index contributed by atoms with van der Waals surface area (Å²) in [6.07, 6.45) is 5.13. The Kier molecular flexibility index (Phi) is 4.32. The fraction of sp³-hybridized carbons (Fsp3) is 0.588. The smallest absolute Gasteiger partial charge is 0.260 e. The van der Waals surface area contributed by atoms with Gasteiger partial charge in [-0.2, -0.15) is 0 Å². The van der Waals surface area contributed by atoms with Crippen LogP contribution in [0.1, 0.15) is 25.7 Å². The summed E-state index contributed by atoms with van der Waals surface area (Å²) in [5, 5.41) is 0. The normalized spacial score (nSPS) is 22.0. The number of amides is 1. The Labute approximate surface area is 126 Å². The third-order valence-electron chi connectivity index (χ3n) is 4.52. The standard InChI is InChI=1S/C17H23NO3/c1-20-15-6-8-16(9-7-15)21-12-17(19)18-10-2-3-14(11-18)13-4-5-13/h6-9,13-14H,2-5,10-12H2,1H3. The molecule has 2 aliphatic rings. The molecule has 4 nitrogen and oxygen atoms in total. The third-order valence-corrected chi connectivity index (χ3v) is 4.52. The van der Waals surface area contributed by atoms with Gasteiger partial charge in [0.25, 0.3) is 5.91 Å². The lowest BCUT2D eigenvalue weighted by molar-refractivity contribution is -0.135. The zero-order chi connectivity index (χ0) is 14.7. The molecule has 1 aliphatic heterocycles. The molecule has 1 saturated heterocycles. The van der Waals surface area contributed by atoms with E-state index < -0.39 is 0 Å². The zero-order valence-electron chi connectivity index (χ0n) is 12.6. The van der Waals surface area contributed by atoms with Crippen LogP contribution in [0.3, 0.4) is 0 Å². The predicted molar refractivity (Wildman–Crippen MR) is 80.5 cm³/mol. The highest BCUT2D eigenvalue weighted by atomic mass is 16.5.